The lowest BCUT2D eigenvalue weighted by Gasteiger charge is -2.40. The quantitative estimate of drug-likeness (QED) is 0.365. The van der Waals surface area contributed by atoms with E-state index in [4.69, 9.17) is 27.9 Å². The number of amides is 1. The molecule has 3 aromatic rings. The number of nitrogens with one attached hydrogen (secondary N) is 1. The number of ether oxygens (including phenoxy) is 1. The first-order valence-electron chi connectivity index (χ1n) is 11.9. The lowest BCUT2D eigenvalue weighted by Crippen LogP contribution is -2.51. The molecule has 1 amide bonds. The van der Waals surface area contributed by atoms with E-state index in [2.05, 4.69) is 5.32 Å². The molecule has 186 valence electrons. The zero-order chi connectivity index (χ0) is 25.4. The highest BCUT2D eigenvalue weighted by Gasteiger charge is 2.63. The van der Waals surface area contributed by atoms with Gasteiger partial charge in [0.15, 0.2) is 0 Å². The highest BCUT2D eigenvalue weighted by Crippen LogP contribution is 2.58. The lowest BCUT2D eigenvalue weighted by molar-refractivity contribution is -0.128. The van der Waals surface area contributed by atoms with Crippen LogP contribution >= 0.6 is 23.2 Å². The Labute approximate surface area is 219 Å². The molecule has 2 aliphatic heterocycles. The monoisotopic (exact) mass is 526 g/mol. The molecule has 1 spiro atoms. The summed E-state index contributed by atoms with van der Waals surface area (Å²) in [5.41, 5.74) is 1.29. The maximum absolute atomic E-state index is 15.5. The Balaban J connectivity index is 1.72. The minimum Gasteiger partial charge on any atom is -0.494 e. The van der Waals surface area contributed by atoms with Gasteiger partial charge in [-0.3, -0.25) is 9.69 Å². The minimum absolute atomic E-state index is 0.00723. The van der Waals surface area contributed by atoms with Crippen LogP contribution in [0.1, 0.15) is 42.4 Å². The Bertz CT molecular complexity index is 1330. The Morgan fingerprint density at radius 3 is 2.75 bits per heavy atom. The first-order valence-corrected chi connectivity index (χ1v) is 12.6. The summed E-state index contributed by atoms with van der Waals surface area (Å²) in [4.78, 5) is 27.8. The molecule has 2 aliphatic rings. The Kier molecular flexibility index (Phi) is 6.77. The number of aldehydes is 1. The Morgan fingerprint density at radius 2 is 1.97 bits per heavy atom. The minimum atomic E-state index is -1.26. The lowest BCUT2D eigenvalue weighted by atomic mass is 9.75. The summed E-state index contributed by atoms with van der Waals surface area (Å²) in [5.74, 6) is -0.698. The number of likely N-dealkylation sites (tertiary alicyclic amines) is 1. The van der Waals surface area contributed by atoms with E-state index in [1.807, 2.05) is 42.2 Å². The van der Waals surface area contributed by atoms with E-state index >= 15 is 4.39 Å². The number of carbonyl (C=O) groups is 2. The average Bonchev–Trinajstić information content (AvgIpc) is 3.31. The standard InChI is InChI=1S/C28H25Cl2FN2O3/c1-2-36-20-6-3-5-17(13-20)16-33-19(11-12-34)15-23(21-7-4-8-24(30)26(21)31)28(33)22-10-9-18(29)14-25(22)32-27(28)35/h3-10,12-14,19,23H,2,11,15-16H2,1H3,(H,32,35)/t19?,23-,28-/m1/s1. The van der Waals surface area contributed by atoms with Gasteiger partial charge in [0.1, 0.15) is 23.4 Å². The highest BCUT2D eigenvalue weighted by atomic mass is 35.5. The predicted molar refractivity (Wildman–Crippen MR) is 138 cm³/mol. The van der Waals surface area contributed by atoms with Gasteiger partial charge < -0.3 is 14.8 Å². The molecule has 1 saturated heterocycles. The van der Waals surface area contributed by atoms with Gasteiger partial charge in [0.2, 0.25) is 5.91 Å². The molecule has 36 heavy (non-hydrogen) atoms. The summed E-state index contributed by atoms with van der Waals surface area (Å²) in [7, 11) is 0. The summed E-state index contributed by atoms with van der Waals surface area (Å²) in [5, 5.41) is 3.46. The van der Waals surface area contributed by atoms with Gasteiger partial charge in [-0.15, -0.1) is 0 Å². The van der Waals surface area contributed by atoms with Gasteiger partial charge in [-0.05, 0) is 54.8 Å². The van der Waals surface area contributed by atoms with Crippen molar-refractivity contribution in [2.24, 2.45) is 0 Å². The van der Waals surface area contributed by atoms with Crippen LogP contribution in [-0.2, 0) is 21.7 Å². The third-order valence-electron chi connectivity index (χ3n) is 7.18. The van der Waals surface area contributed by atoms with E-state index in [1.165, 1.54) is 6.07 Å². The number of benzene rings is 3. The second-order valence-corrected chi connectivity index (χ2v) is 9.95. The van der Waals surface area contributed by atoms with E-state index in [1.54, 1.807) is 24.3 Å². The molecule has 3 atom stereocenters. The van der Waals surface area contributed by atoms with E-state index < -0.39 is 17.3 Å². The highest BCUT2D eigenvalue weighted by molar-refractivity contribution is 6.31. The van der Waals surface area contributed by atoms with Gasteiger partial charge in [-0.1, -0.05) is 53.5 Å². The molecule has 1 fully saturated rings. The van der Waals surface area contributed by atoms with E-state index in [-0.39, 0.29) is 23.4 Å². The molecule has 0 bridgehead atoms. The van der Waals surface area contributed by atoms with Gasteiger partial charge in [0.05, 0.1) is 11.6 Å². The van der Waals surface area contributed by atoms with Crippen molar-refractivity contribution >= 4 is 41.1 Å². The number of carbonyl (C=O) groups excluding carboxylic acids is 2. The number of nitrogens with zero attached hydrogens (tertiary/aromatic N) is 1. The van der Waals surface area contributed by atoms with Gasteiger partial charge in [0, 0.05) is 41.2 Å². The maximum Gasteiger partial charge on any atom is 0.250 e. The molecule has 1 unspecified atom stereocenters. The number of hydrogen-bond donors (Lipinski definition) is 1. The molecule has 1 N–H and O–H groups in total. The fourth-order valence-electron chi connectivity index (χ4n) is 5.81. The Morgan fingerprint density at radius 1 is 1.17 bits per heavy atom. The summed E-state index contributed by atoms with van der Waals surface area (Å²) in [6.45, 7) is 2.79. The molecule has 0 radical (unpaired) electrons. The van der Waals surface area contributed by atoms with Crippen molar-refractivity contribution in [3.05, 3.63) is 93.2 Å². The molecule has 5 rings (SSSR count). The van der Waals surface area contributed by atoms with Crippen LogP contribution in [0.25, 0.3) is 0 Å². The number of anilines is 1. The van der Waals surface area contributed by atoms with Crippen molar-refractivity contribution in [2.75, 3.05) is 11.9 Å². The maximum atomic E-state index is 15.5. The SMILES string of the molecule is CCOc1cccc(CN2C(CC=O)C[C@H](c3cccc(Cl)c3F)[C@]23C(=O)Nc2cc(Cl)ccc23)c1. The van der Waals surface area contributed by atoms with Crippen molar-refractivity contribution in [1.29, 1.82) is 0 Å². The smallest absolute Gasteiger partial charge is 0.250 e. The van der Waals surface area contributed by atoms with Crippen molar-refractivity contribution in [1.82, 2.24) is 4.90 Å². The molecule has 8 heteroatoms. The van der Waals surface area contributed by atoms with Crippen LogP contribution in [0.5, 0.6) is 5.75 Å². The van der Waals surface area contributed by atoms with Crippen LogP contribution in [0.4, 0.5) is 10.1 Å². The topological polar surface area (TPSA) is 58.6 Å². The summed E-state index contributed by atoms with van der Waals surface area (Å²) < 4.78 is 21.2. The third-order valence-corrected chi connectivity index (χ3v) is 7.71. The first-order chi connectivity index (χ1) is 17.4. The molecule has 2 heterocycles. The van der Waals surface area contributed by atoms with E-state index in [0.717, 1.165) is 17.6 Å². The van der Waals surface area contributed by atoms with Crippen LogP contribution < -0.4 is 10.1 Å². The number of hydrogen-bond acceptors (Lipinski definition) is 4. The fourth-order valence-corrected chi connectivity index (χ4v) is 6.16. The van der Waals surface area contributed by atoms with Gasteiger partial charge >= 0.3 is 0 Å². The molecular formula is C28H25Cl2FN2O3. The summed E-state index contributed by atoms with van der Waals surface area (Å²) in [6, 6.07) is 17.4. The number of rotatable bonds is 7. The molecule has 0 aliphatic carbocycles. The number of halogens is 3. The third kappa shape index (κ3) is 3.97. The fraction of sp³-hybridized carbons (Fsp3) is 0.286. The molecular weight excluding hydrogens is 502 g/mol. The van der Waals surface area contributed by atoms with Crippen molar-refractivity contribution < 1.29 is 18.7 Å². The second kappa shape index (κ2) is 9.85. The van der Waals surface area contributed by atoms with Crippen LogP contribution in [0, 0.1) is 5.82 Å². The average molecular weight is 527 g/mol. The molecule has 3 aromatic carbocycles. The first kappa shape index (κ1) is 24.8. The van der Waals surface area contributed by atoms with Crippen molar-refractivity contribution in [3.8, 4) is 5.75 Å². The van der Waals surface area contributed by atoms with Crippen LogP contribution in [0.15, 0.2) is 60.7 Å². The Hall–Kier alpha value is -2.93. The summed E-state index contributed by atoms with van der Waals surface area (Å²) >= 11 is 12.4. The molecule has 0 saturated carbocycles. The normalized spacial score (nSPS) is 23.1. The van der Waals surface area contributed by atoms with Crippen LogP contribution in [-0.4, -0.2) is 29.7 Å². The van der Waals surface area contributed by atoms with Gasteiger partial charge in [-0.2, -0.15) is 0 Å². The zero-order valence-corrected chi connectivity index (χ0v) is 21.2. The van der Waals surface area contributed by atoms with E-state index in [0.29, 0.717) is 41.4 Å². The predicted octanol–water partition coefficient (Wildman–Crippen LogP) is 6.33. The largest absolute Gasteiger partial charge is 0.494 e. The van der Waals surface area contributed by atoms with Crippen molar-refractivity contribution in [2.45, 2.75) is 43.8 Å². The summed E-state index contributed by atoms with van der Waals surface area (Å²) in [6.07, 6.45) is 1.45. The number of fused-ring (bicyclic) bond motifs is 2. The molecule has 0 aromatic heterocycles. The van der Waals surface area contributed by atoms with Crippen LogP contribution in [0.2, 0.25) is 10.0 Å². The van der Waals surface area contributed by atoms with Crippen LogP contribution in [0.3, 0.4) is 0 Å². The van der Waals surface area contributed by atoms with Gasteiger partial charge in [0.25, 0.3) is 0 Å². The van der Waals surface area contributed by atoms with E-state index in [9.17, 15) is 9.59 Å². The van der Waals surface area contributed by atoms with Crippen molar-refractivity contribution in [3.63, 3.8) is 0 Å². The van der Waals surface area contributed by atoms with Gasteiger partial charge in [-0.25, -0.2) is 4.39 Å². The second-order valence-electron chi connectivity index (χ2n) is 9.11. The zero-order valence-electron chi connectivity index (χ0n) is 19.6. The molecule has 5 nitrogen and oxygen atoms in total.